The molecule has 0 aliphatic carbocycles. The maximum Gasteiger partial charge on any atom is 0.416 e. The minimum absolute atomic E-state index is 0.0664. The molecule has 2 aromatic heterocycles. The van der Waals surface area contributed by atoms with Crippen LogP contribution in [0.4, 0.5) is 26.3 Å². The highest BCUT2D eigenvalue weighted by Crippen LogP contribution is 2.38. The van der Waals surface area contributed by atoms with Crippen LogP contribution >= 0.6 is 0 Å². The number of hydrogen-bond donors (Lipinski definition) is 1. The van der Waals surface area contributed by atoms with Gasteiger partial charge < -0.3 is 4.98 Å². The number of alkyl halides is 6. The molecule has 2 heterocycles. The van der Waals surface area contributed by atoms with Crippen molar-refractivity contribution >= 4 is 22.3 Å². The Balaban J connectivity index is 1.92. The molecule has 0 saturated heterocycles. The van der Waals surface area contributed by atoms with Crippen LogP contribution in [0, 0.1) is 0 Å². The van der Waals surface area contributed by atoms with Crippen LogP contribution in [0.3, 0.4) is 0 Å². The monoisotopic (exact) mass is 382 g/mol. The second kappa shape index (κ2) is 5.66. The second-order valence-electron chi connectivity index (χ2n) is 5.76. The average molecular weight is 382 g/mol. The molecule has 4 aromatic rings. The summed E-state index contributed by atoms with van der Waals surface area (Å²) in [5.74, 6) is -0.183. The first kappa shape index (κ1) is 17.3. The van der Waals surface area contributed by atoms with E-state index in [0.717, 1.165) is 0 Å². The van der Waals surface area contributed by atoms with E-state index < -0.39 is 23.5 Å². The summed E-state index contributed by atoms with van der Waals surface area (Å²) < 4.78 is 78.1. The van der Waals surface area contributed by atoms with E-state index in [9.17, 15) is 26.3 Å². The van der Waals surface area contributed by atoms with Gasteiger partial charge in [-0.25, -0.2) is 15.0 Å². The summed E-state index contributed by atoms with van der Waals surface area (Å²) in [7, 11) is 0. The molecule has 0 aliphatic rings. The molecular formula is C17H8F6N4. The molecule has 2 aromatic carbocycles. The highest BCUT2D eigenvalue weighted by molar-refractivity contribution is 5.84. The predicted octanol–water partition coefficient (Wildman–Crippen LogP) is 5.21. The van der Waals surface area contributed by atoms with Crippen LogP contribution in [0.5, 0.6) is 0 Å². The molecule has 138 valence electrons. The van der Waals surface area contributed by atoms with Gasteiger partial charge >= 0.3 is 12.4 Å². The number of aromatic nitrogens is 4. The Morgan fingerprint density at radius 3 is 1.81 bits per heavy atom. The maximum absolute atomic E-state index is 13.0. The van der Waals surface area contributed by atoms with Crippen LogP contribution in [0.1, 0.15) is 11.1 Å². The number of fused-ring (bicyclic) bond motifs is 2. The lowest BCUT2D eigenvalue weighted by Gasteiger charge is -2.13. The highest BCUT2D eigenvalue weighted by Gasteiger charge is 2.37. The molecule has 27 heavy (non-hydrogen) atoms. The van der Waals surface area contributed by atoms with E-state index >= 15 is 0 Å². The van der Waals surface area contributed by atoms with Gasteiger partial charge in [-0.2, -0.15) is 26.3 Å². The number of rotatable bonds is 1. The van der Waals surface area contributed by atoms with Gasteiger partial charge in [-0.3, -0.25) is 0 Å². The van der Waals surface area contributed by atoms with Gasteiger partial charge in [-0.05, 0) is 30.3 Å². The van der Waals surface area contributed by atoms with Crippen molar-refractivity contribution in [2.24, 2.45) is 0 Å². The molecule has 0 unspecified atom stereocenters. The molecule has 10 heteroatoms. The van der Waals surface area contributed by atoms with Crippen molar-refractivity contribution < 1.29 is 26.3 Å². The summed E-state index contributed by atoms with van der Waals surface area (Å²) in [5.41, 5.74) is -1.92. The number of H-pyrrole nitrogens is 1. The molecule has 0 spiro atoms. The lowest BCUT2D eigenvalue weighted by molar-refractivity contribution is -0.143. The molecule has 0 atom stereocenters. The Labute approximate surface area is 146 Å². The summed E-state index contributed by atoms with van der Waals surface area (Å²) >= 11 is 0. The molecule has 0 saturated carbocycles. The topological polar surface area (TPSA) is 54.5 Å². The van der Waals surface area contributed by atoms with Crippen molar-refractivity contribution in [1.82, 2.24) is 19.9 Å². The fraction of sp³-hybridized carbons (Fsp3) is 0.118. The van der Waals surface area contributed by atoms with Crippen molar-refractivity contribution in [1.29, 1.82) is 0 Å². The third-order valence-electron chi connectivity index (χ3n) is 3.87. The van der Waals surface area contributed by atoms with E-state index in [1.54, 1.807) is 24.3 Å². The fourth-order valence-corrected chi connectivity index (χ4v) is 2.63. The molecule has 0 aliphatic heterocycles. The SMILES string of the molecule is FC(F)(F)c1cc(-c2nc3nc4ccccc4nc3[nH]2)cc(C(F)(F)F)c1. The van der Waals surface area contributed by atoms with Gasteiger partial charge in [0.2, 0.25) is 0 Å². The zero-order valence-corrected chi connectivity index (χ0v) is 13.2. The van der Waals surface area contributed by atoms with Crippen molar-refractivity contribution in [2.45, 2.75) is 12.4 Å². The van der Waals surface area contributed by atoms with Gasteiger partial charge in [0.15, 0.2) is 11.3 Å². The average Bonchev–Trinajstić information content (AvgIpc) is 3.00. The van der Waals surface area contributed by atoms with Gasteiger partial charge in [0.25, 0.3) is 0 Å². The minimum atomic E-state index is -4.94. The van der Waals surface area contributed by atoms with E-state index in [1.165, 1.54) is 0 Å². The number of imidazole rings is 1. The number of halogens is 6. The minimum Gasteiger partial charge on any atom is -0.321 e. The first-order valence-electron chi connectivity index (χ1n) is 7.53. The quantitative estimate of drug-likeness (QED) is 0.460. The zero-order valence-electron chi connectivity index (χ0n) is 13.2. The molecule has 0 radical (unpaired) electrons. The van der Waals surface area contributed by atoms with Crippen LogP contribution in [0.2, 0.25) is 0 Å². The molecule has 0 bridgehead atoms. The summed E-state index contributed by atoms with van der Waals surface area (Å²) in [6, 6.07) is 8.06. The lowest BCUT2D eigenvalue weighted by atomic mass is 10.0. The van der Waals surface area contributed by atoms with Gasteiger partial charge in [-0.15, -0.1) is 0 Å². The van der Waals surface area contributed by atoms with Gasteiger partial charge in [0, 0.05) is 5.56 Å². The van der Waals surface area contributed by atoms with Gasteiger partial charge in [0.05, 0.1) is 22.2 Å². The maximum atomic E-state index is 13.0. The molecular weight excluding hydrogens is 374 g/mol. The standard InChI is InChI=1S/C17H8F6N4/c18-16(19,20)9-5-8(6-10(7-9)17(21,22)23)13-26-14-15(27-13)25-12-4-2-1-3-11(12)24-14/h1-7H,(H,24,25,26,27). The van der Waals surface area contributed by atoms with Crippen LogP contribution < -0.4 is 0 Å². The molecule has 4 nitrogen and oxygen atoms in total. The van der Waals surface area contributed by atoms with Crippen LogP contribution in [0.25, 0.3) is 33.7 Å². The normalized spacial score (nSPS) is 12.8. The molecule has 4 rings (SSSR count). The Hall–Kier alpha value is -3.17. The number of benzene rings is 2. The van der Waals surface area contributed by atoms with E-state index in [-0.39, 0.29) is 28.7 Å². The number of nitrogens with one attached hydrogen (secondary N) is 1. The van der Waals surface area contributed by atoms with Crippen molar-refractivity contribution in [3.05, 3.63) is 53.6 Å². The number of para-hydroxylation sites is 2. The summed E-state index contributed by atoms with van der Waals surface area (Å²) in [6.45, 7) is 0. The number of hydrogen-bond acceptors (Lipinski definition) is 3. The highest BCUT2D eigenvalue weighted by atomic mass is 19.4. The van der Waals surface area contributed by atoms with Crippen LogP contribution in [-0.2, 0) is 12.4 Å². The van der Waals surface area contributed by atoms with Crippen LogP contribution in [-0.4, -0.2) is 19.9 Å². The third-order valence-corrected chi connectivity index (χ3v) is 3.87. The third kappa shape index (κ3) is 3.18. The van der Waals surface area contributed by atoms with Crippen molar-refractivity contribution in [3.8, 4) is 11.4 Å². The van der Waals surface area contributed by atoms with E-state index in [0.29, 0.717) is 23.2 Å². The van der Waals surface area contributed by atoms with Gasteiger partial charge in [0.1, 0.15) is 5.82 Å². The van der Waals surface area contributed by atoms with E-state index in [1.807, 2.05) is 0 Å². The smallest absolute Gasteiger partial charge is 0.321 e. The van der Waals surface area contributed by atoms with E-state index in [2.05, 4.69) is 19.9 Å². The summed E-state index contributed by atoms with van der Waals surface area (Å²) in [4.78, 5) is 15.1. The first-order chi connectivity index (χ1) is 12.6. The zero-order chi connectivity index (χ0) is 19.4. The fourth-order valence-electron chi connectivity index (χ4n) is 2.63. The number of nitrogens with zero attached hydrogens (tertiary/aromatic N) is 3. The Morgan fingerprint density at radius 2 is 1.26 bits per heavy atom. The van der Waals surface area contributed by atoms with Gasteiger partial charge in [-0.1, -0.05) is 12.1 Å². The predicted molar refractivity (Wildman–Crippen MR) is 84.6 cm³/mol. The summed E-state index contributed by atoms with van der Waals surface area (Å²) in [6.07, 6.45) is -9.87. The molecule has 1 N–H and O–H groups in total. The first-order valence-corrected chi connectivity index (χ1v) is 7.53. The van der Waals surface area contributed by atoms with Crippen molar-refractivity contribution in [3.63, 3.8) is 0 Å². The Kier molecular flexibility index (Phi) is 3.62. The Bertz CT molecular complexity index is 1070. The van der Waals surface area contributed by atoms with E-state index in [4.69, 9.17) is 0 Å². The Morgan fingerprint density at radius 1 is 0.704 bits per heavy atom. The largest absolute Gasteiger partial charge is 0.416 e. The molecule has 0 fully saturated rings. The summed E-state index contributed by atoms with van der Waals surface area (Å²) in [5, 5.41) is 0. The van der Waals surface area contributed by atoms with Crippen LogP contribution in [0.15, 0.2) is 42.5 Å². The van der Waals surface area contributed by atoms with Crippen molar-refractivity contribution in [2.75, 3.05) is 0 Å². The lowest BCUT2D eigenvalue weighted by Crippen LogP contribution is -2.11. The second-order valence-corrected chi connectivity index (χ2v) is 5.76. The number of aromatic amines is 1. The molecule has 0 amide bonds.